The first-order valence-corrected chi connectivity index (χ1v) is 6.13. The van der Waals surface area contributed by atoms with Gasteiger partial charge in [-0.2, -0.15) is 0 Å². The molecule has 1 N–H and O–H groups in total. The van der Waals surface area contributed by atoms with Crippen LogP contribution < -0.4 is 4.74 Å². The second kappa shape index (κ2) is 4.52. The quantitative estimate of drug-likeness (QED) is 0.895. The summed E-state index contributed by atoms with van der Waals surface area (Å²) in [7, 11) is 0. The number of benzene rings is 1. The van der Waals surface area contributed by atoms with E-state index in [2.05, 4.69) is 0 Å². The molecule has 2 rings (SSSR count). The lowest BCUT2D eigenvalue weighted by Crippen LogP contribution is -2.60. The van der Waals surface area contributed by atoms with Crippen molar-refractivity contribution in [3.63, 3.8) is 0 Å². The van der Waals surface area contributed by atoms with Crippen LogP contribution in [0.3, 0.4) is 0 Å². The molecule has 1 aliphatic rings. The van der Waals surface area contributed by atoms with E-state index >= 15 is 0 Å². The van der Waals surface area contributed by atoms with Crippen LogP contribution in [0.15, 0.2) is 18.2 Å². The molecule has 0 saturated carbocycles. The van der Waals surface area contributed by atoms with Gasteiger partial charge >= 0.3 is 0 Å². The fourth-order valence-corrected chi connectivity index (χ4v) is 2.25. The topological polar surface area (TPSA) is 38.7 Å². The van der Waals surface area contributed by atoms with E-state index in [1.807, 2.05) is 6.92 Å². The maximum absolute atomic E-state index is 13.9. The number of rotatable bonds is 4. The molecular weight excluding hydrogens is 235 g/mol. The molecule has 0 unspecified atom stereocenters. The second-order valence-corrected chi connectivity index (χ2v) is 5.21. The lowest BCUT2D eigenvalue weighted by Gasteiger charge is -2.50. The van der Waals surface area contributed by atoms with Crippen LogP contribution in [0.25, 0.3) is 0 Å². The minimum absolute atomic E-state index is 0.243. The van der Waals surface area contributed by atoms with Gasteiger partial charge in [0.05, 0.1) is 30.8 Å². The van der Waals surface area contributed by atoms with Gasteiger partial charge in [-0.3, -0.25) is 0 Å². The highest BCUT2D eigenvalue weighted by atomic mass is 19.1. The molecule has 1 aromatic carbocycles. The molecule has 0 amide bonds. The monoisotopic (exact) mass is 254 g/mol. The summed E-state index contributed by atoms with van der Waals surface area (Å²) in [5.74, 6) is -0.155. The zero-order chi connectivity index (χ0) is 13.4. The Morgan fingerprint density at radius 3 is 2.50 bits per heavy atom. The van der Waals surface area contributed by atoms with Crippen LogP contribution >= 0.6 is 0 Å². The van der Waals surface area contributed by atoms with Crippen molar-refractivity contribution < 1.29 is 19.0 Å². The summed E-state index contributed by atoms with van der Waals surface area (Å²) in [5, 5.41) is 10.3. The number of aliphatic hydroxyl groups is 1. The number of hydrogen-bond donors (Lipinski definition) is 1. The van der Waals surface area contributed by atoms with E-state index in [0.717, 1.165) is 5.56 Å². The highest BCUT2D eigenvalue weighted by Crippen LogP contribution is 2.42. The van der Waals surface area contributed by atoms with Crippen molar-refractivity contribution >= 4 is 0 Å². The first-order chi connectivity index (χ1) is 8.40. The zero-order valence-corrected chi connectivity index (χ0v) is 11.0. The lowest BCUT2D eigenvalue weighted by molar-refractivity contribution is -0.157. The van der Waals surface area contributed by atoms with Crippen LogP contribution in [0, 0.1) is 5.82 Å². The van der Waals surface area contributed by atoms with E-state index in [9.17, 15) is 9.50 Å². The molecule has 0 spiro atoms. The van der Waals surface area contributed by atoms with Crippen molar-refractivity contribution in [3.05, 3.63) is 29.6 Å². The molecule has 0 bridgehead atoms. The van der Waals surface area contributed by atoms with E-state index < -0.39 is 16.8 Å². The molecule has 0 atom stereocenters. The maximum Gasteiger partial charge on any atom is 0.165 e. The van der Waals surface area contributed by atoms with E-state index in [0.29, 0.717) is 19.8 Å². The minimum atomic E-state index is -0.954. The predicted octanol–water partition coefficient (Wildman–Crippen LogP) is 2.26. The summed E-state index contributed by atoms with van der Waals surface area (Å²) in [5.41, 5.74) is -0.731. The molecule has 0 radical (unpaired) electrons. The fraction of sp³-hybridized carbons (Fsp3) is 0.571. The normalized spacial score (nSPS) is 18.3. The molecule has 4 heteroatoms. The Balaban J connectivity index is 2.36. The Bertz CT molecular complexity index is 433. The third kappa shape index (κ3) is 1.99. The Hall–Kier alpha value is -1.13. The molecule has 1 aliphatic heterocycles. The number of halogens is 1. The summed E-state index contributed by atoms with van der Waals surface area (Å²) >= 11 is 0. The third-order valence-corrected chi connectivity index (χ3v) is 3.65. The van der Waals surface area contributed by atoms with Crippen LogP contribution in [0.4, 0.5) is 4.39 Å². The van der Waals surface area contributed by atoms with E-state index in [4.69, 9.17) is 9.47 Å². The van der Waals surface area contributed by atoms with Gasteiger partial charge in [-0.1, -0.05) is 6.07 Å². The first-order valence-electron chi connectivity index (χ1n) is 6.13. The largest absolute Gasteiger partial charge is 0.491 e. The molecule has 18 heavy (non-hydrogen) atoms. The van der Waals surface area contributed by atoms with Gasteiger partial charge < -0.3 is 14.6 Å². The molecule has 0 aromatic heterocycles. The molecule has 3 nitrogen and oxygen atoms in total. The van der Waals surface area contributed by atoms with Crippen molar-refractivity contribution in [1.82, 2.24) is 0 Å². The Kier molecular flexibility index (Phi) is 3.34. The average Bonchev–Trinajstić information content (AvgIpc) is 2.18. The van der Waals surface area contributed by atoms with Crippen LogP contribution in [-0.2, 0) is 10.2 Å². The van der Waals surface area contributed by atoms with E-state index in [-0.39, 0.29) is 5.75 Å². The van der Waals surface area contributed by atoms with Crippen LogP contribution in [0.1, 0.15) is 26.3 Å². The van der Waals surface area contributed by atoms with Crippen molar-refractivity contribution in [2.24, 2.45) is 0 Å². The standard InChI is InChI=1S/C14H19FO3/c1-4-18-12-6-5-10(7-11(12)15)14(8-17-9-14)13(2,3)16/h5-7,16H,4,8-9H2,1-3H3. The van der Waals surface area contributed by atoms with Gasteiger partial charge in [0.15, 0.2) is 11.6 Å². The highest BCUT2D eigenvalue weighted by Gasteiger charge is 2.51. The molecule has 100 valence electrons. The van der Waals surface area contributed by atoms with Gasteiger partial charge in [0.2, 0.25) is 0 Å². The van der Waals surface area contributed by atoms with Gasteiger partial charge in [0.1, 0.15) is 0 Å². The van der Waals surface area contributed by atoms with Gasteiger partial charge in [-0.15, -0.1) is 0 Å². The van der Waals surface area contributed by atoms with Crippen LogP contribution in [-0.4, -0.2) is 30.5 Å². The SMILES string of the molecule is CCOc1ccc(C2(C(C)(C)O)COC2)cc1F. The van der Waals surface area contributed by atoms with Gasteiger partial charge in [-0.05, 0) is 38.5 Å². The summed E-state index contributed by atoms with van der Waals surface area (Å²) < 4.78 is 24.3. The predicted molar refractivity (Wildman–Crippen MR) is 66.4 cm³/mol. The van der Waals surface area contributed by atoms with E-state index in [1.165, 1.54) is 6.07 Å². The van der Waals surface area contributed by atoms with Crippen LogP contribution in [0.2, 0.25) is 0 Å². The van der Waals surface area contributed by atoms with Gasteiger partial charge in [0, 0.05) is 0 Å². The molecule has 1 aromatic rings. The van der Waals surface area contributed by atoms with Crippen molar-refractivity contribution in [2.75, 3.05) is 19.8 Å². The van der Waals surface area contributed by atoms with Gasteiger partial charge in [0.25, 0.3) is 0 Å². The highest BCUT2D eigenvalue weighted by molar-refractivity contribution is 5.37. The van der Waals surface area contributed by atoms with Crippen LogP contribution in [0.5, 0.6) is 5.75 Å². The summed E-state index contributed by atoms with van der Waals surface area (Å²) in [6.07, 6.45) is 0. The van der Waals surface area contributed by atoms with E-state index in [1.54, 1.807) is 26.0 Å². The third-order valence-electron chi connectivity index (χ3n) is 3.65. The zero-order valence-electron chi connectivity index (χ0n) is 11.0. The summed E-state index contributed by atoms with van der Waals surface area (Å²) in [6, 6.07) is 4.85. The number of ether oxygens (including phenoxy) is 2. The Morgan fingerprint density at radius 2 is 2.11 bits per heavy atom. The Labute approximate surface area is 107 Å². The molecule has 0 aliphatic carbocycles. The number of hydrogen-bond acceptors (Lipinski definition) is 3. The Morgan fingerprint density at radius 1 is 1.44 bits per heavy atom. The van der Waals surface area contributed by atoms with Crippen molar-refractivity contribution in [2.45, 2.75) is 31.8 Å². The maximum atomic E-state index is 13.9. The fourth-order valence-electron chi connectivity index (χ4n) is 2.25. The summed E-state index contributed by atoms with van der Waals surface area (Å²) in [6.45, 7) is 6.50. The van der Waals surface area contributed by atoms with Gasteiger partial charge in [-0.25, -0.2) is 4.39 Å². The molecule has 1 fully saturated rings. The molecular formula is C14H19FO3. The summed E-state index contributed by atoms with van der Waals surface area (Å²) in [4.78, 5) is 0. The minimum Gasteiger partial charge on any atom is -0.491 e. The first kappa shape index (κ1) is 13.3. The lowest BCUT2D eigenvalue weighted by atomic mass is 9.67. The smallest absolute Gasteiger partial charge is 0.165 e. The second-order valence-electron chi connectivity index (χ2n) is 5.21. The average molecular weight is 254 g/mol. The van der Waals surface area contributed by atoms with Crippen molar-refractivity contribution in [1.29, 1.82) is 0 Å². The van der Waals surface area contributed by atoms with Crippen molar-refractivity contribution in [3.8, 4) is 5.75 Å². The molecule has 1 heterocycles. The molecule has 1 saturated heterocycles.